The smallest absolute Gasteiger partial charge is 0.164 e. The van der Waals surface area contributed by atoms with Gasteiger partial charge in [-0.15, -0.1) is 0 Å². The molecule has 0 aliphatic carbocycles. The van der Waals surface area contributed by atoms with Gasteiger partial charge < -0.3 is 14.6 Å². The van der Waals surface area contributed by atoms with Gasteiger partial charge in [0.2, 0.25) is 0 Å². The Morgan fingerprint density at radius 3 is 2.61 bits per heavy atom. The quantitative estimate of drug-likeness (QED) is 0.896. The maximum absolute atomic E-state index is 9.56. The molecule has 1 aromatic carbocycles. The van der Waals surface area contributed by atoms with Crippen LogP contribution < -0.4 is 9.47 Å². The zero-order valence-electron chi connectivity index (χ0n) is 11.5. The lowest BCUT2D eigenvalue weighted by molar-refractivity contribution is 0.217. The molecule has 0 bridgehead atoms. The minimum atomic E-state index is -0.254. The first kappa shape index (κ1) is 13.2. The minimum absolute atomic E-state index is 0.125. The van der Waals surface area contributed by atoms with Crippen molar-refractivity contribution in [1.82, 2.24) is 0 Å². The van der Waals surface area contributed by atoms with Crippen LogP contribution in [0, 0.1) is 0 Å². The van der Waals surface area contributed by atoms with E-state index in [4.69, 9.17) is 9.47 Å². The highest BCUT2D eigenvalue weighted by Crippen LogP contribution is 2.40. The van der Waals surface area contributed by atoms with E-state index in [0.29, 0.717) is 13.2 Å². The lowest BCUT2D eigenvalue weighted by Crippen LogP contribution is -2.24. The van der Waals surface area contributed by atoms with Crippen LogP contribution in [-0.4, -0.2) is 24.9 Å². The van der Waals surface area contributed by atoms with Crippen LogP contribution in [-0.2, 0) is 11.8 Å². The third kappa shape index (κ3) is 2.32. The molecule has 0 aromatic heterocycles. The molecule has 2 rings (SSSR count). The second kappa shape index (κ2) is 5.19. The van der Waals surface area contributed by atoms with Crippen LogP contribution in [0.1, 0.15) is 38.3 Å². The lowest BCUT2D eigenvalue weighted by Gasteiger charge is -2.27. The highest BCUT2D eigenvalue weighted by atomic mass is 16.5. The van der Waals surface area contributed by atoms with Crippen molar-refractivity contribution in [3.8, 4) is 11.5 Å². The van der Waals surface area contributed by atoms with Crippen molar-refractivity contribution in [2.75, 3.05) is 19.8 Å². The molecule has 1 aliphatic heterocycles. The first-order valence-electron chi connectivity index (χ1n) is 6.63. The van der Waals surface area contributed by atoms with E-state index in [1.54, 1.807) is 0 Å². The Labute approximate surface area is 109 Å². The summed E-state index contributed by atoms with van der Waals surface area (Å²) < 4.78 is 11.5. The van der Waals surface area contributed by atoms with E-state index < -0.39 is 0 Å². The van der Waals surface area contributed by atoms with Gasteiger partial charge in [-0.2, -0.15) is 0 Å². The molecule has 3 heteroatoms. The highest BCUT2D eigenvalue weighted by molar-refractivity contribution is 5.53. The number of ether oxygens (including phenoxy) is 2. The molecule has 1 aromatic rings. The van der Waals surface area contributed by atoms with Crippen molar-refractivity contribution in [2.45, 2.75) is 39.0 Å². The second-order valence-electron chi connectivity index (χ2n) is 5.36. The Kier molecular flexibility index (Phi) is 3.81. The summed E-state index contributed by atoms with van der Waals surface area (Å²) in [6.45, 7) is 7.74. The summed E-state index contributed by atoms with van der Waals surface area (Å²) >= 11 is 0. The average molecular weight is 250 g/mol. The summed E-state index contributed by atoms with van der Waals surface area (Å²) in [6.07, 6.45) is 1.79. The van der Waals surface area contributed by atoms with Gasteiger partial charge in [0.15, 0.2) is 11.5 Å². The Morgan fingerprint density at radius 2 is 1.94 bits per heavy atom. The van der Waals surface area contributed by atoms with E-state index in [1.807, 2.05) is 19.9 Å². The van der Waals surface area contributed by atoms with Crippen molar-refractivity contribution in [3.05, 3.63) is 23.3 Å². The molecular formula is C15H22O3. The molecule has 0 atom stereocenters. The molecule has 0 fully saturated rings. The van der Waals surface area contributed by atoms with Gasteiger partial charge >= 0.3 is 0 Å². The van der Waals surface area contributed by atoms with E-state index in [9.17, 15) is 5.11 Å². The molecular weight excluding hydrogens is 228 g/mol. The van der Waals surface area contributed by atoms with Gasteiger partial charge in [0.25, 0.3) is 0 Å². The molecule has 100 valence electrons. The molecule has 0 saturated carbocycles. The van der Waals surface area contributed by atoms with Gasteiger partial charge in [-0.25, -0.2) is 0 Å². The molecule has 3 nitrogen and oxygen atoms in total. The van der Waals surface area contributed by atoms with Crippen LogP contribution in [0.25, 0.3) is 0 Å². The van der Waals surface area contributed by atoms with Gasteiger partial charge in [-0.3, -0.25) is 0 Å². The summed E-state index contributed by atoms with van der Waals surface area (Å²) in [5, 5.41) is 9.56. The van der Waals surface area contributed by atoms with Crippen LogP contribution in [0.4, 0.5) is 0 Å². The number of hydrogen-bond donors (Lipinski definition) is 1. The molecule has 0 amide bonds. The van der Waals surface area contributed by atoms with Crippen molar-refractivity contribution in [3.63, 3.8) is 0 Å². The molecule has 0 saturated heterocycles. The predicted octanol–water partition coefficient (Wildman–Crippen LogP) is 2.68. The van der Waals surface area contributed by atoms with Crippen LogP contribution in [0.5, 0.6) is 11.5 Å². The first-order chi connectivity index (χ1) is 8.60. The number of aliphatic hydroxyl groups excluding tert-OH is 1. The maximum Gasteiger partial charge on any atom is 0.164 e. The molecule has 1 N–H and O–H groups in total. The van der Waals surface area contributed by atoms with Crippen molar-refractivity contribution in [2.24, 2.45) is 0 Å². The van der Waals surface area contributed by atoms with Gasteiger partial charge in [-0.1, -0.05) is 26.8 Å². The summed E-state index contributed by atoms with van der Waals surface area (Å²) in [5.41, 5.74) is 2.06. The van der Waals surface area contributed by atoms with Gasteiger partial charge in [0, 0.05) is 17.4 Å². The monoisotopic (exact) mass is 250 g/mol. The van der Waals surface area contributed by atoms with E-state index in [2.05, 4.69) is 13.0 Å². The summed E-state index contributed by atoms with van der Waals surface area (Å²) in [5.74, 6) is 1.70. The van der Waals surface area contributed by atoms with Crippen LogP contribution in [0.2, 0.25) is 0 Å². The van der Waals surface area contributed by atoms with E-state index >= 15 is 0 Å². The number of rotatable bonds is 3. The van der Waals surface area contributed by atoms with Gasteiger partial charge in [-0.05, 0) is 18.1 Å². The van der Waals surface area contributed by atoms with E-state index in [1.165, 1.54) is 0 Å². The van der Waals surface area contributed by atoms with Gasteiger partial charge in [0.05, 0.1) is 19.8 Å². The van der Waals surface area contributed by atoms with Crippen molar-refractivity contribution < 1.29 is 14.6 Å². The van der Waals surface area contributed by atoms with Crippen LogP contribution in [0.3, 0.4) is 0 Å². The molecule has 0 radical (unpaired) electrons. The fourth-order valence-electron chi connectivity index (χ4n) is 2.36. The average Bonchev–Trinajstić information content (AvgIpc) is 2.62. The number of fused-ring (bicyclic) bond motifs is 1. The largest absolute Gasteiger partial charge is 0.490 e. The number of aliphatic hydroxyl groups is 1. The number of hydrogen-bond acceptors (Lipinski definition) is 3. The topological polar surface area (TPSA) is 38.7 Å². The standard InChI is InChI=1S/C15H22O3/c1-4-11-12(15(2,3)10-16)6-7-13-14(11)18-9-5-8-17-13/h6-7,16H,4-5,8-10H2,1-3H3. The molecule has 0 unspecified atom stereocenters. The van der Waals surface area contributed by atoms with E-state index in [0.717, 1.165) is 35.5 Å². The highest BCUT2D eigenvalue weighted by Gasteiger charge is 2.26. The molecule has 1 aliphatic rings. The Balaban J connectivity index is 2.53. The second-order valence-corrected chi connectivity index (χ2v) is 5.36. The van der Waals surface area contributed by atoms with Crippen LogP contribution >= 0.6 is 0 Å². The Bertz CT molecular complexity index is 424. The van der Waals surface area contributed by atoms with E-state index in [-0.39, 0.29) is 12.0 Å². The zero-order chi connectivity index (χ0) is 13.2. The SMILES string of the molecule is CCc1c(C(C)(C)CO)ccc2c1OCCCO2. The predicted molar refractivity (Wildman–Crippen MR) is 71.5 cm³/mol. The fraction of sp³-hybridized carbons (Fsp3) is 0.600. The summed E-state index contributed by atoms with van der Waals surface area (Å²) in [7, 11) is 0. The lowest BCUT2D eigenvalue weighted by atomic mass is 9.81. The molecule has 1 heterocycles. The maximum atomic E-state index is 9.56. The normalized spacial score (nSPS) is 15.3. The Hall–Kier alpha value is -1.22. The Morgan fingerprint density at radius 1 is 1.22 bits per heavy atom. The third-order valence-corrected chi connectivity index (χ3v) is 3.49. The van der Waals surface area contributed by atoms with Gasteiger partial charge in [0.1, 0.15) is 0 Å². The summed E-state index contributed by atoms with van der Waals surface area (Å²) in [6, 6.07) is 4.02. The molecule has 0 spiro atoms. The number of benzene rings is 1. The summed E-state index contributed by atoms with van der Waals surface area (Å²) in [4.78, 5) is 0. The van der Waals surface area contributed by atoms with Crippen LogP contribution in [0.15, 0.2) is 12.1 Å². The van der Waals surface area contributed by atoms with Crippen molar-refractivity contribution >= 4 is 0 Å². The fourth-order valence-corrected chi connectivity index (χ4v) is 2.36. The zero-order valence-corrected chi connectivity index (χ0v) is 11.5. The molecule has 18 heavy (non-hydrogen) atoms. The first-order valence-corrected chi connectivity index (χ1v) is 6.63. The minimum Gasteiger partial charge on any atom is -0.490 e. The van der Waals surface area contributed by atoms with Crippen molar-refractivity contribution in [1.29, 1.82) is 0 Å². The third-order valence-electron chi connectivity index (χ3n) is 3.49.